The summed E-state index contributed by atoms with van der Waals surface area (Å²) in [5, 5.41) is 1.62. The molecule has 0 amide bonds. The molecule has 2 aromatic heterocycles. The zero-order valence-electron chi connectivity index (χ0n) is 16.2. The van der Waals surface area contributed by atoms with Crippen LogP contribution in [0.3, 0.4) is 0 Å². The summed E-state index contributed by atoms with van der Waals surface area (Å²) in [5.41, 5.74) is 2.15. The lowest BCUT2D eigenvalue weighted by Crippen LogP contribution is -2.23. The Morgan fingerprint density at radius 3 is 2.23 bits per heavy atom. The van der Waals surface area contributed by atoms with Crippen LogP contribution in [0.4, 0.5) is 0 Å². The highest BCUT2D eigenvalue weighted by Gasteiger charge is 2.08. The third-order valence-corrected chi connectivity index (χ3v) is 5.76. The molecule has 3 radical (unpaired) electrons. The topological polar surface area (TPSA) is 25.9 Å². The molecular formula is C26H28BN2OS. The molecule has 0 aliphatic carbocycles. The van der Waals surface area contributed by atoms with E-state index < -0.39 is 0 Å². The molecule has 0 saturated heterocycles. The zero-order valence-corrected chi connectivity index (χ0v) is 17.0. The van der Waals surface area contributed by atoms with Gasteiger partial charge in [-0.15, -0.1) is 23.5 Å². The first-order chi connectivity index (χ1) is 14.1. The third kappa shape index (κ3) is 5.71. The molecule has 5 heteroatoms. The summed E-state index contributed by atoms with van der Waals surface area (Å²) in [6, 6.07) is 23.4. The van der Waals surface area contributed by atoms with Crippen molar-refractivity contribution in [1.82, 2.24) is 4.57 Å². The van der Waals surface area contributed by atoms with Gasteiger partial charge in [-0.2, -0.15) is 0 Å². The number of fused-ring (bicyclic) bond motifs is 2. The van der Waals surface area contributed by atoms with Crippen molar-refractivity contribution in [2.45, 2.75) is 21.4 Å². The van der Waals surface area contributed by atoms with Crippen molar-refractivity contribution in [3.63, 3.8) is 0 Å². The summed E-state index contributed by atoms with van der Waals surface area (Å²) >= 11 is 1.68. The van der Waals surface area contributed by atoms with E-state index in [2.05, 4.69) is 10.6 Å². The van der Waals surface area contributed by atoms with Gasteiger partial charge in [-0.3, -0.25) is 4.79 Å². The number of imidazole rings is 1. The van der Waals surface area contributed by atoms with Crippen molar-refractivity contribution in [3.05, 3.63) is 107 Å². The molecule has 157 valence electrons. The maximum atomic E-state index is 12.6. The summed E-state index contributed by atoms with van der Waals surface area (Å²) in [6.45, 7) is 0.810. The normalized spacial score (nSPS) is 10.0. The van der Waals surface area contributed by atoms with Crippen LogP contribution in [0.15, 0.2) is 96.3 Å². The van der Waals surface area contributed by atoms with E-state index in [1.807, 2.05) is 97.1 Å². The van der Waals surface area contributed by atoms with Crippen LogP contribution in [0.5, 0.6) is 0 Å². The van der Waals surface area contributed by atoms with Crippen LogP contribution in [-0.2, 0) is 13.6 Å². The minimum Gasteiger partial charge on any atom is -0.580 e. The van der Waals surface area contributed by atoms with E-state index in [1.165, 1.54) is 5.56 Å². The van der Waals surface area contributed by atoms with Crippen molar-refractivity contribution in [2.75, 3.05) is 0 Å². The van der Waals surface area contributed by atoms with Gasteiger partial charge >= 0.3 is 0 Å². The van der Waals surface area contributed by atoms with E-state index in [0.717, 1.165) is 32.2 Å². The average molecular weight is 427 g/mol. The Kier molecular flexibility index (Phi) is 8.34. The lowest BCUT2D eigenvalue weighted by atomic mass is 9.97. The molecule has 5 rings (SSSR count). The van der Waals surface area contributed by atoms with Crippen molar-refractivity contribution in [2.24, 2.45) is 7.05 Å². The van der Waals surface area contributed by atoms with E-state index in [-0.39, 0.29) is 20.3 Å². The highest BCUT2D eigenvalue weighted by atomic mass is 32.1. The molecule has 31 heavy (non-hydrogen) atoms. The molecule has 3 nitrogen and oxygen atoms in total. The van der Waals surface area contributed by atoms with Crippen molar-refractivity contribution in [3.8, 4) is 0 Å². The molecule has 2 heterocycles. The molecule has 5 aromatic rings. The van der Waals surface area contributed by atoms with Gasteiger partial charge in [-0.25, -0.2) is 9.13 Å². The van der Waals surface area contributed by atoms with Gasteiger partial charge in [0.05, 0.1) is 7.05 Å². The molecule has 0 N–H and O–H groups in total. The van der Waals surface area contributed by atoms with Gasteiger partial charge < -0.3 is 13.3 Å². The highest BCUT2D eigenvalue weighted by molar-refractivity contribution is 7.24. The summed E-state index contributed by atoms with van der Waals surface area (Å²) in [6.07, 6.45) is 6.12. The molecule has 3 aromatic carbocycles. The predicted molar refractivity (Wildman–Crippen MR) is 136 cm³/mol. The molecular weight excluding hydrogens is 399 g/mol. The van der Waals surface area contributed by atoms with Gasteiger partial charge in [0.25, 0.3) is 0 Å². The molecule has 0 aliphatic rings. The SMILES string of the molecule is C.C.C[n+]1ccn(Cc2ccc3c(=O)c4ccccc4sc3c2)c1.[B-]c1ccccc1. The second-order valence-electron chi connectivity index (χ2n) is 6.92. The minimum atomic E-state index is 0. The molecule has 0 spiro atoms. The predicted octanol–water partition coefficient (Wildman–Crippen LogP) is 4.84. The van der Waals surface area contributed by atoms with Crippen LogP contribution in [0.25, 0.3) is 20.2 Å². The van der Waals surface area contributed by atoms with Gasteiger partial charge in [0.2, 0.25) is 6.33 Å². The van der Waals surface area contributed by atoms with Gasteiger partial charge in [0.15, 0.2) is 5.43 Å². The molecule has 0 aliphatic heterocycles. The summed E-state index contributed by atoms with van der Waals surface area (Å²) in [5.74, 6) is 0. The Labute approximate surface area is 189 Å². The van der Waals surface area contributed by atoms with Crippen molar-refractivity contribution >= 4 is 44.8 Å². The minimum absolute atomic E-state index is 0. The van der Waals surface area contributed by atoms with E-state index in [1.54, 1.807) is 11.3 Å². The third-order valence-electron chi connectivity index (χ3n) is 4.63. The number of hydrogen-bond donors (Lipinski definition) is 0. The van der Waals surface area contributed by atoms with Gasteiger partial charge in [0, 0.05) is 20.2 Å². The van der Waals surface area contributed by atoms with E-state index in [9.17, 15) is 4.79 Å². The Hall–Kier alpha value is -3.18. The number of nitrogens with zero attached hydrogens (tertiary/aromatic N) is 2. The van der Waals surface area contributed by atoms with E-state index in [4.69, 9.17) is 7.85 Å². The fourth-order valence-corrected chi connectivity index (χ4v) is 4.34. The Morgan fingerprint density at radius 2 is 1.58 bits per heavy atom. The monoisotopic (exact) mass is 427 g/mol. The highest BCUT2D eigenvalue weighted by Crippen LogP contribution is 2.25. The second kappa shape index (κ2) is 10.7. The number of rotatable bonds is 2. The van der Waals surface area contributed by atoms with Gasteiger partial charge in [0.1, 0.15) is 18.9 Å². The maximum absolute atomic E-state index is 12.6. The maximum Gasteiger partial charge on any atom is 0.243 e. The van der Waals surface area contributed by atoms with E-state index in [0.29, 0.717) is 0 Å². The fourth-order valence-electron chi connectivity index (χ4n) is 3.20. The molecule has 0 fully saturated rings. The van der Waals surface area contributed by atoms with Crippen molar-refractivity contribution < 1.29 is 4.57 Å². The number of aryl methyl sites for hydroxylation is 1. The summed E-state index contributed by atoms with van der Waals surface area (Å²) in [7, 11) is 7.37. The van der Waals surface area contributed by atoms with Gasteiger partial charge in [-0.1, -0.05) is 51.3 Å². The van der Waals surface area contributed by atoms with Crippen LogP contribution in [0, 0.1) is 0 Å². The smallest absolute Gasteiger partial charge is 0.243 e. The summed E-state index contributed by atoms with van der Waals surface area (Å²) < 4.78 is 6.25. The molecule has 0 unspecified atom stereocenters. The number of aromatic nitrogens is 2. The summed E-state index contributed by atoms with van der Waals surface area (Å²) in [4.78, 5) is 12.6. The Bertz CT molecular complexity index is 1330. The van der Waals surface area contributed by atoms with E-state index >= 15 is 0 Å². The zero-order chi connectivity index (χ0) is 20.2. The van der Waals surface area contributed by atoms with Crippen molar-refractivity contribution in [1.29, 1.82) is 0 Å². The van der Waals surface area contributed by atoms with Crippen LogP contribution in [-0.4, -0.2) is 12.4 Å². The van der Waals surface area contributed by atoms with Crippen LogP contribution < -0.4 is 15.5 Å². The lowest BCUT2D eigenvalue weighted by molar-refractivity contribution is -0.671. The molecule has 0 saturated carbocycles. The Morgan fingerprint density at radius 1 is 0.903 bits per heavy atom. The number of hydrogen-bond acceptors (Lipinski definition) is 2. The lowest BCUT2D eigenvalue weighted by Gasteiger charge is -2.03. The second-order valence-corrected chi connectivity index (χ2v) is 8.00. The molecule has 0 bridgehead atoms. The first-order valence-electron chi connectivity index (χ1n) is 9.36. The van der Waals surface area contributed by atoms with Crippen LogP contribution >= 0.6 is 11.3 Å². The van der Waals surface area contributed by atoms with Gasteiger partial charge in [-0.05, 0) is 29.8 Å². The van der Waals surface area contributed by atoms with Crippen LogP contribution in [0.1, 0.15) is 20.4 Å². The first kappa shape index (κ1) is 24.1. The Balaban J connectivity index is 0.000000327. The molecule has 0 atom stereocenters. The largest absolute Gasteiger partial charge is 0.580 e. The van der Waals surface area contributed by atoms with Crippen LogP contribution in [0.2, 0.25) is 0 Å². The number of benzene rings is 3. The quantitative estimate of drug-likeness (QED) is 0.225. The fraction of sp³-hybridized carbons (Fsp3) is 0.154. The first-order valence-corrected chi connectivity index (χ1v) is 10.2. The standard InChI is InChI=1S/C18H15N2OS.C6H5B.2CH4/c1-19-8-9-20(12-19)11-13-6-7-15-17(10-13)22-16-5-3-2-4-14(16)18(15)21;7-6-4-2-1-3-5-6;;/h2-10,12H,11H2,1H3;1-5H;2*1H4/q+1;-1;;. The average Bonchev–Trinajstić information content (AvgIpc) is 3.14.